The second kappa shape index (κ2) is 18.7. The van der Waals surface area contributed by atoms with Crippen LogP contribution in [0.25, 0.3) is 21.8 Å². The van der Waals surface area contributed by atoms with Gasteiger partial charge in [0.1, 0.15) is 16.8 Å². The lowest BCUT2D eigenvalue weighted by Gasteiger charge is -2.24. The van der Waals surface area contributed by atoms with Crippen LogP contribution in [0, 0.1) is 0 Å². The van der Waals surface area contributed by atoms with Gasteiger partial charge in [-0.25, -0.2) is 19.2 Å². The average molecular weight is 1020 g/mol. The van der Waals surface area contributed by atoms with Crippen LogP contribution in [0.15, 0.2) is 39.3 Å². The number of carbonyl (C=O) groups is 6. The van der Waals surface area contributed by atoms with Crippen molar-refractivity contribution in [2.45, 2.75) is 130 Å². The van der Waals surface area contributed by atoms with Crippen LogP contribution in [0.5, 0.6) is 0 Å². The Bertz CT molecular complexity index is 2470. The molecule has 0 bridgehead atoms. The molecular weight excluding hydrogens is 960 g/mol. The van der Waals surface area contributed by atoms with Crippen molar-refractivity contribution in [1.29, 1.82) is 0 Å². The summed E-state index contributed by atoms with van der Waals surface area (Å²) in [5.74, 6) is -0.902. The Balaban J connectivity index is 0.000000241. The molecule has 64 heavy (non-hydrogen) atoms. The van der Waals surface area contributed by atoms with Crippen molar-refractivity contribution in [1.82, 2.24) is 40.0 Å². The van der Waals surface area contributed by atoms with Gasteiger partial charge in [0.05, 0.1) is 11.0 Å². The number of aromatic nitrogens is 4. The Morgan fingerprint density at radius 1 is 0.641 bits per heavy atom. The highest BCUT2D eigenvalue weighted by Gasteiger charge is 2.35. The highest BCUT2D eigenvalue weighted by atomic mass is 79.9. The first kappa shape index (κ1) is 49.8. The molecule has 4 amide bonds. The third-order valence-electron chi connectivity index (χ3n) is 9.72. The Kier molecular flexibility index (Phi) is 14.5. The minimum absolute atomic E-state index is 0.0457. The molecule has 2 aromatic heterocycles. The van der Waals surface area contributed by atoms with Crippen LogP contribution in [-0.2, 0) is 19.6 Å². The molecule has 3 N–H and O–H groups in total. The van der Waals surface area contributed by atoms with E-state index in [0.717, 1.165) is 23.9 Å². The monoisotopic (exact) mass is 1020 g/mol. The number of rotatable bonds is 4. The third-order valence-corrected chi connectivity index (χ3v) is 10.9. The van der Waals surface area contributed by atoms with Crippen LogP contribution >= 0.6 is 31.9 Å². The van der Waals surface area contributed by atoms with Gasteiger partial charge in [-0.3, -0.25) is 9.59 Å². The van der Waals surface area contributed by atoms with E-state index in [1.165, 1.54) is 0 Å². The number of nitrogens with one attached hydrogen (secondary N) is 2. The molecule has 4 aromatic rings. The summed E-state index contributed by atoms with van der Waals surface area (Å²) >= 11 is 6.95. The van der Waals surface area contributed by atoms with Crippen molar-refractivity contribution >= 4 is 89.9 Å². The van der Waals surface area contributed by atoms with Gasteiger partial charge in [0.15, 0.2) is 11.4 Å². The van der Waals surface area contributed by atoms with E-state index in [1.807, 2.05) is 41.5 Å². The summed E-state index contributed by atoms with van der Waals surface area (Å²) in [6.07, 6.45) is -1.60. The highest BCUT2D eigenvalue weighted by molar-refractivity contribution is 9.10. The Morgan fingerprint density at radius 2 is 1.09 bits per heavy atom. The van der Waals surface area contributed by atoms with E-state index in [1.54, 1.807) is 81.7 Å². The van der Waals surface area contributed by atoms with Crippen molar-refractivity contribution in [3.63, 3.8) is 0 Å². The largest absolute Gasteiger partial charge is 0.463 e. The molecule has 0 radical (unpaired) electrons. The fourth-order valence-corrected chi connectivity index (χ4v) is 8.46. The molecule has 2 aliphatic heterocycles. The smallest absolute Gasteiger partial charge is 0.435 e. The zero-order valence-corrected chi connectivity index (χ0v) is 41.5. The number of hydrogen-bond acceptors (Lipinski definition) is 11. The molecule has 2 unspecified atom stereocenters. The molecule has 4 heterocycles. The van der Waals surface area contributed by atoms with Crippen molar-refractivity contribution in [2.75, 3.05) is 26.2 Å². The second-order valence-corrected chi connectivity index (χ2v) is 21.6. The van der Waals surface area contributed by atoms with Gasteiger partial charge in [0.2, 0.25) is 0 Å². The topological polar surface area (TPSA) is 217 Å². The normalized spacial score (nSPS) is 16.9. The first-order chi connectivity index (χ1) is 29.4. The second-order valence-electron chi connectivity index (χ2n) is 19.8. The SMILES string of the molecule is CC(C)(C)OC(=O)N1CCC(NC(=O)c2nn(C(=O)O)c3ccc(Br)c(C(C)(C)C)c23)C1.CC(C)(C)OC(=O)N1CCC(NC(=O)c2nn(C(=O)OC(C)(C)C)c3ccc(Br)cc23)C1. The van der Waals surface area contributed by atoms with Crippen LogP contribution in [0.4, 0.5) is 19.2 Å². The van der Waals surface area contributed by atoms with Crippen LogP contribution in [0.2, 0.25) is 0 Å². The predicted molar refractivity (Wildman–Crippen MR) is 246 cm³/mol. The summed E-state index contributed by atoms with van der Waals surface area (Å²) < 4.78 is 19.7. The summed E-state index contributed by atoms with van der Waals surface area (Å²) in [5.41, 5.74) is -0.492. The van der Waals surface area contributed by atoms with Gasteiger partial charge in [-0.05, 0) is 116 Å². The zero-order chi connectivity index (χ0) is 47.9. The summed E-state index contributed by atoms with van der Waals surface area (Å²) in [4.78, 5) is 78.4. The third kappa shape index (κ3) is 12.3. The van der Waals surface area contributed by atoms with Gasteiger partial charge in [-0.15, -0.1) is 0 Å². The maximum Gasteiger partial charge on any atom is 0.435 e. The van der Waals surface area contributed by atoms with Gasteiger partial charge < -0.3 is 39.8 Å². The first-order valence-corrected chi connectivity index (χ1v) is 22.4. The van der Waals surface area contributed by atoms with Crippen molar-refractivity contribution in [2.24, 2.45) is 0 Å². The van der Waals surface area contributed by atoms with Gasteiger partial charge in [0, 0.05) is 58.0 Å². The molecule has 2 saturated heterocycles. The highest BCUT2D eigenvalue weighted by Crippen LogP contribution is 2.38. The predicted octanol–water partition coefficient (Wildman–Crippen LogP) is 8.68. The molecule has 0 saturated carbocycles. The number of amides is 4. The lowest BCUT2D eigenvalue weighted by atomic mass is 9.84. The van der Waals surface area contributed by atoms with Crippen molar-refractivity contribution in [3.05, 3.63) is 56.2 Å². The molecule has 6 rings (SSSR count). The summed E-state index contributed by atoms with van der Waals surface area (Å²) in [7, 11) is 0. The maximum atomic E-state index is 13.2. The quantitative estimate of drug-likeness (QED) is 0.164. The molecule has 18 nitrogen and oxygen atoms in total. The van der Waals surface area contributed by atoms with Gasteiger partial charge in [-0.2, -0.15) is 19.6 Å². The first-order valence-electron chi connectivity index (χ1n) is 20.9. The number of nitrogens with zero attached hydrogens (tertiary/aromatic N) is 6. The number of fused-ring (bicyclic) bond motifs is 2. The van der Waals surface area contributed by atoms with Gasteiger partial charge in [-0.1, -0.05) is 52.6 Å². The van der Waals surface area contributed by atoms with Crippen LogP contribution in [0.3, 0.4) is 0 Å². The Morgan fingerprint density at radius 3 is 1.56 bits per heavy atom. The minimum Gasteiger partial charge on any atom is -0.463 e. The van der Waals surface area contributed by atoms with Crippen LogP contribution in [0.1, 0.15) is 122 Å². The maximum absolute atomic E-state index is 13.2. The molecule has 2 atom stereocenters. The number of halogens is 2. The molecule has 348 valence electrons. The van der Waals surface area contributed by atoms with E-state index >= 15 is 0 Å². The molecule has 2 aromatic carbocycles. The average Bonchev–Trinajstić information content (AvgIpc) is 3.94. The van der Waals surface area contributed by atoms with E-state index in [-0.39, 0.29) is 28.9 Å². The van der Waals surface area contributed by atoms with E-state index in [9.17, 15) is 33.9 Å². The summed E-state index contributed by atoms with van der Waals surface area (Å²) in [6.45, 7) is 23.7. The number of carboxylic acid groups (broad SMARTS) is 1. The van der Waals surface area contributed by atoms with E-state index in [4.69, 9.17) is 14.2 Å². The zero-order valence-electron chi connectivity index (χ0n) is 38.3. The molecular formula is C44H58Br2N8O10. The lowest BCUT2D eigenvalue weighted by Crippen LogP contribution is -2.40. The Labute approximate surface area is 388 Å². The van der Waals surface area contributed by atoms with Crippen molar-refractivity contribution in [3.8, 4) is 0 Å². The Hall–Kier alpha value is -5.24. The van der Waals surface area contributed by atoms with Gasteiger partial charge in [0.25, 0.3) is 11.8 Å². The number of benzene rings is 2. The molecule has 2 fully saturated rings. The standard InChI is InChI=1S/2C22H29BrN4O5/c1-21(2,3)31-19(29)26-10-9-14(12-26)24-18(28)17-15-11-13(23)7-8-16(15)27(25-17)20(30)32-22(4,5)6;1-21(2,3)16-13(23)7-8-14-15(16)17(25-27(14)19(29)30)18(28)24-12-9-10-26(11-12)20(31)32-22(4,5)6/h7-8,11,14H,9-10,12H2,1-6H3,(H,24,28);7-8,12H,9-11H2,1-6H3,(H,24,28)(H,29,30). The number of likely N-dealkylation sites (tertiary alicyclic amines) is 2. The fourth-order valence-electron chi connectivity index (χ4n) is 7.18. The molecule has 0 spiro atoms. The van der Waals surface area contributed by atoms with Crippen molar-refractivity contribution < 1.29 is 48.1 Å². The van der Waals surface area contributed by atoms with E-state index in [0.29, 0.717) is 60.8 Å². The molecule has 2 aliphatic rings. The summed E-state index contributed by atoms with van der Waals surface area (Å²) in [6, 6.07) is 8.07. The van der Waals surface area contributed by atoms with Crippen LogP contribution in [-0.4, -0.2) is 126 Å². The minimum atomic E-state index is -1.27. The number of carbonyl (C=O) groups excluding carboxylic acids is 5. The van der Waals surface area contributed by atoms with Crippen LogP contribution < -0.4 is 10.6 Å². The van der Waals surface area contributed by atoms with E-state index < -0.39 is 53.0 Å². The van der Waals surface area contributed by atoms with Gasteiger partial charge >= 0.3 is 24.4 Å². The summed E-state index contributed by atoms with van der Waals surface area (Å²) in [5, 5.41) is 24.9. The van der Waals surface area contributed by atoms with E-state index in [2.05, 4.69) is 52.7 Å². The number of hydrogen-bond donors (Lipinski definition) is 3. The molecule has 0 aliphatic carbocycles. The molecule has 20 heteroatoms. The lowest BCUT2D eigenvalue weighted by molar-refractivity contribution is 0.0280. The number of ether oxygens (including phenoxy) is 3. The fraction of sp³-hybridized carbons (Fsp3) is 0.545.